The van der Waals surface area contributed by atoms with E-state index in [-0.39, 0.29) is 24.2 Å². The van der Waals surface area contributed by atoms with E-state index in [4.69, 9.17) is 0 Å². The molecule has 1 aromatic carbocycles. The van der Waals surface area contributed by atoms with E-state index < -0.39 is 0 Å². The third-order valence-electron chi connectivity index (χ3n) is 4.59. The van der Waals surface area contributed by atoms with Crippen molar-refractivity contribution < 1.29 is 9.18 Å². The summed E-state index contributed by atoms with van der Waals surface area (Å²) in [5.74, 6) is 0.398. The van der Waals surface area contributed by atoms with Gasteiger partial charge < -0.3 is 10.2 Å². The molecule has 3 rings (SSSR count). The minimum Gasteiger partial charge on any atom is -0.347 e. The Morgan fingerprint density at radius 2 is 2.00 bits per heavy atom. The second-order valence-corrected chi connectivity index (χ2v) is 6.60. The maximum atomic E-state index is 13.7. The maximum Gasteiger partial charge on any atom is 0.270 e. The number of likely N-dealkylation sites (tertiary alicyclic amines) is 1. The number of benzene rings is 1. The van der Waals surface area contributed by atoms with Crippen LogP contribution in [0.3, 0.4) is 0 Å². The molecule has 1 amide bonds. The van der Waals surface area contributed by atoms with Crippen LogP contribution in [0.15, 0.2) is 30.3 Å². The van der Waals surface area contributed by atoms with Crippen molar-refractivity contribution in [3.05, 3.63) is 58.9 Å². The van der Waals surface area contributed by atoms with Crippen molar-refractivity contribution in [2.45, 2.75) is 32.2 Å². The van der Waals surface area contributed by atoms with Gasteiger partial charge in [0.15, 0.2) is 0 Å². The first-order valence-corrected chi connectivity index (χ1v) is 8.58. The average Bonchev–Trinajstić information content (AvgIpc) is 2.61. The molecule has 1 aliphatic rings. The zero-order chi connectivity index (χ0) is 17.8. The van der Waals surface area contributed by atoms with Crippen LogP contribution in [-0.4, -0.2) is 40.9 Å². The lowest BCUT2D eigenvalue weighted by molar-refractivity contribution is 0.0944. The predicted molar refractivity (Wildman–Crippen MR) is 93.8 cm³/mol. The highest BCUT2D eigenvalue weighted by Gasteiger charge is 2.22. The highest BCUT2D eigenvalue weighted by molar-refractivity contribution is 5.92. The van der Waals surface area contributed by atoms with E-state index in [1.165, 1.54) is 6.07 Å². The van der Waals surface area contributed by atoms with E-state index in [2.05, 4.69) is 27.2 Å². The average molecular weight is 342 g/mol. The molecule has 0 saturated carbocycles. The second kappa shape index (κ2) is 7.70. The van der Waals surface area contributed by atoms with Crippen molar-refractivity contribution in [2.75, 3.05) is 20.1 Å². The summed E-state index contributed by atoms with van der Waals surface area (Å²) in [6, 6.07) is 8.09. The van der Waals surface area contributed by atoms with Crippen molar-refractivity contribution in [2.24, 2.45) is 0 Å². The van der Waals surface area contributed by atoms with Gasteiger partial charge in [0.05, 0.1) is 0 Å². The molecule has 0 spiro atoms. The van der Waals surface area contributed by atoms with Gasteiger partial charge in [-0.05, 0) is 52.0 Å². The molecule has 5 nitrogen and oxygen atoms in total. The first-order valence-electron chi connectivity index (χ1n) is 8.58. The van der Waals surface area contributed by atoms with Gasteiger partial charge in [-0.1, -0.05) is 18.2 Å². The zero-order valence-electron chi connectivity index (χ0n) is 14.6. The van der Waals surface area contributed by atoms with Gasteiger partial charge >= 0.3 is 0 Å². The molecular formula is C19H23FN4O. The number of halogens is 1. The van der Waals surface area contributed by atoms with Gasteiger partial charge in [-0.15, -0.1) is 0 Å². The summed E-state index contributed by atoms with van der Waals surface area (Å²) >= 11 is 0. The summed E-state index contributed by atoms with van der Waals surface area (Å²) in [4.78, 5) is 23.7. The molecule has 0 atom stereocenters. The number of aromatic nitrogens is 2. The number of piperidine rings is 1. The third kappa shape index (κ3) is 4.39. The Bertz CT molecular complexity index is 757. The second-order valence-electron chi connectivity index (χ2n) is 6.60. The van der Waals surface area contributed by atoms with Gasteiger partial charge in [0.25, 0.3) is 5.91 Å². The highest BCUT2D eigenvalue weighted by atomic mass is 19.1. The fourth-order valence-corrected chi connectivity index (χ4v) is 3.07. The van der Waals surface area contributed by atoms with Crippen molar-refractivity contribution in [3.63, 3.8) is 0 Å². The Balaban J connectivity index is 1.71. The van der Waals surface area contributed by atoms with Crippen molar-refractivity contribution in [1.29, 1.82) is 0 Å². The molecule has 1 fully saturated rings. The van der Waals surface area contributed by atoms with Crippen LogP contribution in [0.4, 0.5) is 4.39 Å². The molecule has 0 bridgehead atoms. The van der Waals surface area contributed by atoms with Crippen LogP contribution < -0.4 is 5.32 Å². The van der Waals surface area contributed by atoms with E-state index in [1.54, 1.807) is 24.3 Å². The number of hydrogen-bond acceptors (Lipinski definition) is 4. The van der Waals surface area contributed by atoms with Crippen LogP contribution in [0.2, 0.25) is 0 Å². The van der Waals surface area contributed by atoms with Gasteiger partial charge in [-0.2, -0.15) is 0 Å². The monoisotopic (exact) mass is 342 g/mol. The largest absolute Gasteiger partial charge is 0.347 e. The van der Waals surface area contributed by atoms with Crippen LogP contribution >= 0.6 is 0 Å². The Labute approximate surface area is 147 Å². The first kappa shape index (κ1) is 17.5. The topological polar surface area (TPSA) is 58.1 Å². The number of amides is 1. The van der Waals surface area contributed by atoms with E-state index in [0.29, 0.717) is 11.3 Å². The summed E-state index contributed by atoms with van der Waals surface area (Å²) in [7, 11) is 2.11. The van der Waals surface area contributed by atoms with E-state index in [0.717, 1.165) is 37.4 Å². The standard InChI is InChI=1S/C19H23FN4O/c1-13-11-17(19(25)21-12-15-5-3-4-6-16(15)20)23-18(22-13)14-7-9-24(2)10-8-14/h3-6,11,14H,7-10,12H2,1-2H3,(H,21,25). The molecule has 1 saturated heterocycles. The number of rotatable bonds is 4. The fraction of sp³-hybridized carbons (Fsp3) is 0.421. The predicted octanol–water partition coefficient (Wildman–Crippen LogP) is 2.66. The van der Waals surface area contributed by atoms with Crippen molar-refractivity contribution >= 4 is 5.91 Å². The number of nitrogens with one attached hydrogen (secondary N) is 1. The SMILES string of the molecule is Cc1cc(C(=O)NCc2ccccc2F)nc(C2CCN(C)CC2)n1. The van der Waals surface area contributed by atoms with Crippen molar-refractivity contribution in [1.82, 2.24) is 20.2 Å². The number of nitrogens with zero attached hydrogens (tertiary/aromatic N) is 3. The van der Waals surface area contributed by atoms with E-state index in [9.17, 15) is 9.18 Å². The summed E-state index contributed by atoms with van der Waals surface area (Å²) in [6.45, 7) is 4.03. The van der Waals surface area contributed by atoms with E-state index >= 15 is 0 Å². The lowest BCUT2D eigenvalue weighted by Crippen LogP contribution is -2.30. The van der Waals surface area contributed by atoms with Gasteiger partial charge in [0, 0.05) is 23.7 Å². The fourth-order valence-electron chi connectivity index (χ4n) is 3.07. The lowest BCUT2D eigenvalue weighted by Gasteiger charge is -2.28. The summed E-state index contributed by atoms with van der Waals surface area (Å²) < 4.78 is 13.7. The Kier molecular flexibility index (Phi) is 5.38. The molecule has 25 heavy (non-hydrogen) atoms. The molecule has 2 heterocycles. The zero-order valence-corrected chi connectivity index (χ0v) is 14.6. The Morgan fingerprint density at radius 3 is 2.72 bits per heavy atom. The van der Waals surface area contributed by atoms with Crippen LogP contribution in [0, 0.1) is 12.7 Å². The minimum atomic E-state index is -0.325. The maximum absolute atomic E-state index is 13.7. The number of aryl methyl sites for hydroxylation is 1. The Hall–Kier alpha value is -2.34. The minimum absolute atomic E-state index is 0.137. The molecule has 0 aliphatic carbocycles. The van der Waals surface area contributed by atoms with Crippen LogP contribution in [0.25, 0.3) is 0 Å². The van der Waals surface area contributed by atoms with Gasteiger partial charge in [0.2, 0.25) is 0 Å². The van der Waals surface area contributed by atoms with Crippen molar-refractivity contribution in [3.8, 4) is 0 Å². The van der Waals surface area contributed by atoms with Gasteiger partial charge in [-0.3, -0.25) is 4.79 Å². The molecule has 6 heteroatoms. The summed E-state index contributed by atoms with van der Waals surface area (Å²) in [6.07, 6.45) is 1.99. The van der Waals surface area contributed by atoms with Crippen LogP contribution in [0.5, 0.6) is 0 Å². The smallest absolute Gasteiger partial charge is 0.270 e. The quantitative estimate of drug-likeness (QED) is 0.928. The molecule has 132 valence electrons. The summed E-state index contributed by atoms with van der Waals surface area (Å²) in [5, 5.41) is 2.74. The third-order valence-corrected chi connectivity index (χ3v) is 4.59. The highest BCUT2D eigenvalue weighted by Crippen LogP contribution is 2.25. The first-order chi connectivity index (χ1) is 12.0. The summed E-state index contributed by atoms with van der Waals surface area (Å²) in [5.41, 5.74) is 1.58. The molecular weight excluding hydrogens is 319 g/mol. The number of carbonyl (C=O) groups is 1. The lowest BCUT2D eigenvalue weighted by atomic mass is 9.96. The van der Waals surface area contributed by atoms with Crippen LogP contribution in [-0.2, 0) is 6.54 Å². The molecule has 1 N–H and O–H groups in total. The van der Waals surface area contributed by atoms with Crippen LogP contribution in [0.1, 0.15) is 46.3 Å². The van der Waals surface area contributed by atoms with E-state index in [1.807, 2.05) is 6.92 Å². The number of hydrogen-bond donors (Lipinski definition) is 1. The van der Waals surface area contributed by atoms with Gasteiger partial charge in [-0.25, -0.2) is 14.4 Å². The number of carbonyl (C=O) groups excluding carboxylic acids is 1. The molecule has 0 radical (unpaired) electrons. The molecule has 0 unspecified atom stereocenters. The Morgan fingerprint density at radius 1 is 1.28 bits per heavy atom. The molecule has 2 aromatic rings. The molecule has 1 aliphatic heterocycles. The normalized spacial score (nSPS) is 16.0. The van der Waals surface area contributed by atoms with Gasteiger partial charge in [0.1, 0.15) is 17.3 Å². The molecule has 1 aromatic heterocycles.